The predicted octanol–water partition coefficient (Wildman–Crippen LogP) is 3.77. The Hall–Kier alpha value is -4.60. The lowest BCUT2D eigenvalue weighted by atomic mass is 10.0. The number of benzene rings is 1. The van der Waals surface area contributed by atoms with Gasteiger partial charge in [-0.3, -0.25) is 18.7 Å². The first-order valence-electron chi connectivity index (χ1n) is 13.4. The summed E-state index contributed by atoms with van der Waals surface area (Å²) in [7, 11) is 0. The summed E-state index contributed by atoms with van der Waals surface area (Å²) in [5, 5.41) is 11.9. The Balaban J connectivity index is 1.53. The Morgan fingerprint density at radius 2 is 1.86 bits per heavy atom. The standard InChI is InChI=1S/C27H30F5N9O2/c1-3-16-11-17(5-6-18(16)26(43)36-8-4-7-35-25(42)15(2)33)38-23-24-37-12-20(41(24)10-9-34-23)19-13-40(14-21(28)29)39-22(19)27(30,31)32/h5-6,9-13,15,21H,3-4,7-8,14,33H2,1-2H3,(H,34,38)(H,35,42)(H,36,43)/t15-/m1/s1. The van der Waals surface area contributed by atoms with Crippen LogP contribution >= 0.6 is 0 Å². The molecule has 1 aromatic carbocycles. The SMILES string of the molecule is CCc1cc(Nc2nccn3c(-c4cn(CC(F)F)nc4C(F)(F)F)cnc23)ccc1C(=O)NCCCNC(=O)[C@@H](C)N. The molecule has 43 heavy (non-hydrogen) atoms. The Labute approximate surface area is 242 Å². The van der Waals surface area contributed by atoms with E-state index in [9.17, 15) is 31.5 Å². The van der Waals surface area contributed by atoms with Gasteiger partial charge in [0.05, 0.1) is 23.5 Å². The summed E-state index contributed by atoms with van der Waals surface area (Å²) in [6.07, 6.45) is -1.86. The highest BCUT2D eigenvalue weighted by Gasteiger charge is 2.38. The number of nitrogens with zero attached hydrogens (tertiary/aromatic N) is 5. The number of anilines is 2. The average Bonchev–Trinajstić information content (AvgIpc) is 3.57. The van der Waals surface area contributed by atoms with Crippen LogP contribution < -0.4 is 21.7 Å². The average molecular weight is 608 g/mol. The Kier molecular flexibility index (Phi) is 9.58. The minimum absolute atomic E-state index is 0.00772. The van der Waals surface area contributed by atoms with E-state index in [-0.39, 0.29) is 29.0 Å². The smallest absolute Gasteiger partial charge is 0.355 e. The van der Waals surface area contributed by atoms with Gasteiger partial charge in [-0.15, -0.1) is 0 Å². The summed E-state index contributed by atoms with van der Waals surface area (Å²) >= 11 is 0. The topological polar surface area (TPSA) is 144 Å². The number of rotatable bonds is 12. The largest absolute Gasteiger partial charge is 0.435 e. The number of alkyl halides is 5. The van der Waals surface area contributed by atoms with Gasteiger partial charge in [-0.25, -0.2) is 18.7 Å². The summed E-state index contributed by atoms with van der Waals surface area (Å²) in [5.41, 5.74) is 5.70. The number of fused-ring (bicyclic) bond motifs is 1. The number of amides is 2. The van der Waals surface area contributed by atoms with E-state index in [2.05, 4.69) is 31.0 Å². The molecule has 3 heterocycles. The molecule has 0 unspecified atom stereocenters. The highest BCUT2D eigenvalue weighted by atomic mass is 19.4. The van der Waals surface area contributed by atoms with Crippen molar-refractivity contribution in [2.45, 2.75) is 51.9 Å². The highest BCUT2D eigenvalue weighted by molar-refractivity contribution is 5.96. The fraction of sp³-hybridized carbons (Fsp3) is 0.370. The van der Waals surface area contributed by atoms with Crippen LogP contribution in [0.25, 0.3) is 16.9 Å². The zero-order valence-corrected chi connectivity index (χ0v) is 23.3. The normalized spacial score (nSPS) is 12.5. The van der Waals surface area contributed by atoms with Crippen molar-refractivity contribution in [2.24, 2.45) is 5.73 Å². The zero-order valence-electron chi connectivity index (χ0n) is 23.3. The number of nitrogens with two attached hydrogens (primary N) is 1. The molecule has 0 saturated heterocycles. The molecule has 11 nitrogen and oxygen atoms in total. The highest BCUT2D eigenvalue weighted by Crippen LogP contribution is 2.37. The number of aryl methyl sites for hydroxylation is 1. The van der Waals surface area contributed by atoms with Crippen LogP contribution in [0.1, 0.15) is 41.9 Å². The molecule has 1 atom stereocenters. The lowest BCUT2D eigenvalue weighted by molar-refractivity contribution is -0.141. The van der Waals surface area contributed by atoms with E-state index in [0.29, 0.717) is 41.9 Å². The third kappa shape index (κ3) is 7.43. The molecule has 4 rings (SSSR count). The van der Waals surface area contributed by atoms with E-state index < -0.39 is 36.4 Å². The number of hydrogen-bond acceptors (Lipinski definition) is 7. The molecule has 0 aliphatic rings. The monoisotopic (exact) mass is 607 g/mol. The molecular weight excluding hydrogens is 577 g/mol. The number of hydrogen-bond donors (Lipinski definition) is 4. The van der Waals surface area contributed by atoms with E-state index >= 15 is 0 Å². The van der Waals surface area contributed by atoms with Crippen LogP contribution in [0.2, 0.25) is 0 Å². The molecule has 2 amide bonds. The first-order valence-corrected chi connectivity index (χ1v) is 13.4. The van der Waals surface area contributed by atoms with Crippen molar-refractivity contribution in [3.8, 4) is 11.3 Å². The van der Waals surface area contributed by atoms with Gasteiger partial charge in [0.25, 0.3) is 12.3 Å². The lowest BCUT2D eigenvalue weighted by Crippen LogP contribution is -2.39. The third-order valence-corrected chi connectivity index (χ3v) is 6.40. The quantitative estimate of drug-likeness (QED) is 0.142. The summed E-state index contributed by atoms with van der Waals surface area (Å²) in [6, 6.07) is 4.43. The second kappa shape index (κ2) is 13.1. The molecule has 0 radical (unpaired) electrons. The van der Waals surface area contributed by atoms with Gasteiger partial charge >= 0.3 is 6.18 Å². The Bertz CT molecular complexity index is 1600. The first kappa shape index (κ1) is 31.3. The van der Waals surface area contributed by atoms with Gasteiger partial charge in [0, 0.05) is 42.9 Å². The molecule has 0 spiro atoms. The molecule has 3 aromatic heterocycles. The van der Waals surface area contributed by atoms with E-state index in [1.54, 1.807) is 25.1 Å². The number of aromatic nitrogens is 5. The van der Waals surface area contributed by atoms with Crippen molar-refractivity contribution in [1.82, 2.24) is 34.8 Å². The van der Waals surface area contributed by atoms with Crippen molar-refractivity contribution in [2.75, 3.05) is 18.4 Å². The summed E-state index contributed by atoms with van der Waals surface area (Å²) in [4.78, 5) is 32.8. The molecular formula is C27H30F5N9O2. The molecule has 0 aliphatic heterocycles. The Morgan fingerprint density at radius 1 is 1.12 bits per heavy atom. The number of carbonyl (C=O) groups is 2. The maximum atomic E-state index is 13.7. The van der Waals surface area contributed by atoms with Crippen molar-refractivity contribution >= 4 is 29.0 Å². The number of halogens is 5. The summed E-state index contributed by atoms with van der Waals surface area (Å²) < 4.78 is 68.8. The van der Waals surface area contributed by atoms with E-state index in [0.717, 1.165) is 11.8 Å². The first-order chi connectivity index (χ1) is 20.4. The molecule has 0 fully saturated rings. The van der Waals surface area contributed by atoms with E-state index in [1.165, 1.54) is 23.0 Å². The van der Waals surface area contributed by atoms with E-state index in [1.807, 2.05) is 6.92 Å². The van der Waals surface area contributed by atoms with Crippen LogP contribution in [0.4, 0.5) is 33.5 Å². The van der Waals surface area contributed by atoms with Crippen LogP contribution in [-0.4, -0.2) is 61.5 Å². The fourth-order valence-corrected chi connectivity index (χ4v) is 4.34. The van der Waals surface area contributed by atoms with Gasteiger partial charge in [-0.05, 0) is 43.5 Å². The molecule has 4 aromatic rings. The fourth-order valence-electron chi connectivity index (χ4n) is 4.34. The van der Waals surface area contributed by atoms with Crippen LogP contribution in [0, 0.1) is 0 Å². The second-order valence-corrected chi connectivity index (χ2v) is 9.65. The van der Waals surface area contributed by atoms with Crippen LogP contribution in [-0.2, 0) is 23.9 Å². The lowest BCUT2D eigenvalue weighted by Gasteiger charge is -2.13. The third-order valence-electron chi connectivity index (χ3n) is 6.40. The molecule has 0 saturated carbocycles. The zero-order chi connectivity index (χ0) is 31.3. The van der Waals surface area contributed by atoms with Crippen LogP contribution in [0.5, 0.6) is 0 Å². The van der Waals surface area contributed by atoms with Crippen LogP contribution in [0.3, 0.4) is 0 Å². The van der Waals surface area contributed by atoms with Gasteiger partial charge in [0.1, 0.15) is 6.54 Å². The Morgan fingerprint density at radius 3 is 2.53 bits per heavy atom. The molecule has 16 heteroatoms. The molecule has 0 bridgehead atoms. The molecule has 230 valence electrons. The summed E-state index contributed by atoms with van der Waals surface area (Å²) in [5.74, 6) is -0.338. The van der Waals surface area contributed by atoms with Gasteiger partial charge in [0.15, 0.2) is 17.2 Å². The maximum absolute atomic E-state index is 13.7. The minimum Gasteiger partial charge on any atom is -0.355 e. The van der Waals surface area contributed by atoms with Crippen molar-refractivity contribution in [3.63, 3.8) is 0 Å². The van der Waals surface area contributed by atoms with Crippen molar-refractivity contribution in [3.05, 3.63) is 59.8 Å². The van der Waals surface area contributed by atoms with Gasteiger partial charge < -0.3 is 21.7 Å². The number of carbonyl (C=O) groups excluding carboxylic acids is 2. The molecule has 0 aliphatic carbocycles. The van der Waals surface area contributed by atoms with Crippen molar-refractivity contribution in [1.29, 1.82) is 0 Å². The maximum Gasteiger partial charge on any atom is 0.435 e. The van der Waals surface area contributed by atoms with E-state index in [4.69, 9.17) is 5.73 Å². The van der Waals surface area contributed by atoms with Crippen molar-refractivity contribution < 1.29 is 31.5 Å². The number of imidazole rings is 1. The van der Waals surface area contributed by atoms with Gasteiger partial charge in [0.2, 0.25) is 5.91 Å². The second-order valence-electron chi connectivity index (χ2n) is 9.65. The summed E-state index contributed by atoms with van der Waals surface area (Å²) in [6.45, 7) is 3.18. The number of nitrogens with one attached hydrogen (secondary N) is 3. The van der Waals surface area contributed by atoms with Gasteiger partial charge in [-0.1, -0.05) is 6.92 Å². The van der Waals surface area contributed by atoms with Gasteiger partial charge in [-0.2, -0.15) is 18.3 Å². The minimum atomic E-state index is -4.88. The predicted molar refractivity (Wildman–Crippen MR) is 148 cm³/mol. The molecule has 5 N–H and O–H groups in total. The van der Waals surface area contributed by atoms with Crippen LogP contribution in [0.15, 0.2) is 43.0 Å².